The Morgan fingerprint density at radius 1 is 1.17 bits per heavy atom. The summed E-state index contributed by atoms with van der Waals surface area (Å²) in [5.41, 5.74) is 3.82. The number of carbonyl (C=O) groups excluding carboxylic acids is 1. The van der Waals surface area contributed by atoms with Crippen molar-refractivity contribution in [1.82, 2.24) is 0 Å². The summed E-state index contributed by atoms with van der Waals surface area (Å²) in [4.78, 5) is 12.4. The van der Waals surface area contributed by atoms with Crippen LogP contribution in [0.15, 0.2) is 48.0 Å². The van der Waals surface area contributed by atoms with Gasteiger partial charge in [-0.1, -0.05) is 30.3 Å². The van der Waals surface area contributed by atoms with Crippen LogP contribution in [0.4, 0.5) is 0 Å². The summed E-state index contributed by atoms with van der Waals surface area (Å²) in [6.07, 6.45) is 1.92. The highest BCUT2D eigenvalue weighted by atomic mass is 16.7. The zero-order valence-electron chi connectivity index (χ0n) is 12.7. The first-order chi connectivity index (χ1) is 11.3. The molecule has 4 rings (SSSR count). The van der Waals surface area contributed by atoms with Crippen molar-refractivity contribution >= 4 is 12.0 Å². The smallest absolute Gasteiger partial charge is 0.334 e. The van der Waals surface area contributed by atoms with Crippen molar-refractivity contribution in [3.63, 3.8) is 0 Å². The van der Waals surface area contributed by atoms with Gasteiger partial charge >= 0.3 is 5.97 Å². The second kappa shape index (κ2) is 5.47. The van der Waals surface area contributed by atoms with Crippen molar-refractivity contribution in [1.29, 1.82) is 0 Å². The van der Waals surface area contributed by atoms with E-state index in [1.165, 1.54) is 0 Å². The summed E-state index contributed by atoms with van der Waals surface area (Å²) in [6.45, 7) is 2.41. The molecule has 1 heterocycles. The second-order valence-electron chi connectivity index (χ2n) is 5.49. The Bertz CT molecular complexity index is 807. The Morgan fingerprint density at radius 3 is 2.87 bits per heavy atom. The van der Waals surface area contributed by atoms with E-state index in [0.717, 1.165) is 28.2 Å². The first-order valence-electron chi connectivity index (χ1n) is 7.65. The van der Waals surface area contributed by atoms with Gasteiger partial charge in [0.1, 0.15) is 0 Å². The lowest BCUT2D eigenvalue weighted by molar-refractivity contribution is -0.138. The monoisotopic (exact) mass is 308 g/mol. The van der Waals surface area contributed by atoms with Gasteiger partial charge in [-0.05, 0) is 41.8 Å². The predicted octanol–water partition coefficient (Wildman–Crippen LogP) is 3.51. The molecule has 23 heavy (non-hydrogen) atoms. The third-order valence-electron chi connectivity index (χ3n) is 4.17. The molecule has 1 aliphatic carbocycles. The van der Waals surface area contributed by atoms with E-state index < -0.39 is 0 Å². The molecule has 116 valence electrons. The van der Waals surface area contributed by atoms with Crippen molar-refractivity contribution in [3.05, 3.63) is 64.7 Å². The van der Waals surface area contributed by atoms with Crippen molar-refractivity contribution in [2.45, 2.75) is 12.8 Å². The fourth-order valence-electron chi connectivity index (χ4n) is 3.17. The second-order valence-corrected chi connectivity index (χ2v) is 5.49. The van der Waals surface area contributed by atoms with Gasteiger partial charge in [-0.3, -0.25) is 0 Å². The number of esters is 1. The molecule has 0 saturated heterocycles. The molecule has 0 amide bonds. The lowest BCUT2D eigenvalue weighted by atomic mass is 9.88. The standard InChI is InChI=1S/C19H16O4/c1-2-21-19(20)15-9-12-5-3-4-6-14(12)18(15)13-7-8-16-17(10-13)23-11-22-16/h3-10,18H,2,11H2,1H3. The van der Waals surface area contributed by atoms with Crippen LogP contribution in [0.25, 0.3) is 6.08 Å². The largest absolute Gasteiger partial charge is 0.463 e. The van der Waals surface area contributed by atoms with Gasteiger partial charge in [-0.15, -0.1) is 0 Å². The van der Waals surface area contributed by atoms with Crippen LogP contribution in [0.1, 0.15) is 29.5 Å². The summed E-state index contributed by atoms with van der Waals surface area (Å²) in [5, 5.41) is 0. The van der Waals surface area contributed by atoms with E-state index in [0.29, 0.717) is 12.2 Å². The predicted molar refractivity (Wildman–Crippen MR) is 85.5 cm³/mol. The molecule has 0 radical (unpaired) electrons. The molecule has 4 nitrogen and oxygen atoms in total. The van der Waals surface area contributed by atoms with E-state index in [-0.39, 0.29) is 18.7 Å². The highest BCUT2D eigenvalue weighted by Gasteiger charge is 2.32. The molecule has 0 bridgehead atoms. The van der Waals surface area contributed by atoms with E-state index in [1.54, 1.807) is 0 Å². The van der Waals surface area contributed by atoms with E-state index in [2.05, 4.69) is 0 Å². The summed E-state index contributed by atoms with van der Waals surface area (Å²) >= 11 is 0. The summed E-state index contributed by atoms with van der Waals surface area (Å²) in [7, 11) is 0. The molecule has 0 spiro atoms. The van der Waals surface area contributed by atoms with Crippen LogP contribution < -0.4 is 9.47 Å². The van der Waals surface area contributed by atoms with Crippen LogP contribution in [0, 0.1) is 0 Å². The molecule has 2 aromatic carbocycles. The van der Waals surface area contributed by atoms with Gasteiger partial charge in [0.05, 0.1) is 6.61 Å². The topological polar surface area (TPSA) is 44.8 Å². The minimum absolute atomic E-state index is 0.139. The minimum atomic E-state index is -0.272. The minimum Gasteiger partial charge on any atom is -0.463 e. The van der Waals surface area contributed by atoms with Crippen LogP contribution in [0.2, 0.25) is 0 Å². The Kier molecular flexibility index (Phi) is 3.30. The number of ether oxygens (including phenoxy) is 3. The maximum atomic E-state index is 12.4. The SMILES string of the molecule is CCOC(=O)C1=Cc2ccccc2C1c1ccc2c(c1)OCO2. The molecule has 0 aromatic heterocycles. The Labute approximate surface area is 134 Å². The van der Waals surface area contributed by atoms with Gasteiger partial charge in [0.2, 0.25) is 6.79 Å². The van der Waals surface area contributed by atoms with E-state index in [1.807, 2.05) is 55.5 Å². The number of fused-ring (bicyclic) bond motifs is 2. The van der Waals surface area contributed by atoms with Crippen molar-refractivity contribution in [2.75, 3.05) is 13.4 Å². The normalized spacial score (nSPS) is 17.6. The molecule has 0 saturated carbocycles. The van der Waals surface area contributed by atoms with E-state index in [9.17, 15) is 4.79 Å². The third-order valence-corrected chi connectivity index (χ3v) is 4.17. The van der Waals surface area contributed by atoms with Gasteiger partial charge in [-0.25, -0.2) is 4.79 Å². The first-order valence-corrected chi connectivity index (χ1v) is 7.65. The van der Waals surface area contributed by atoms with Gasteiger partial charge < -0.3 is 14.2 Å². The van der Waals surface area contributed by atoms with Gasteiger partial charge in [0.15, 0.2) is 11.5 Å². The van der Waals surface area contributed by atoms with Crippen molar-refractivity contribution in [3.8, 4) is 11.5 Å². The van der Waals surface area contributed by atoms with Gasteiger partial charge in [0.25, 0.3) is 0 Å². The average molecular weight is 308 g/mol. The maximum absolute atomic E-state index is 12.4. The van der Waals surface area contributed by atoms with Crippen LogP contribution in [-0.2, 0) is 9.53 Å². The lowest BCUT2D eigenvalue weighted by Gasteiger charge is -2.17. The number of hydrogen-bond acceptors (Lipinski definition) is 4. The first kappa shape index (κ1) is 13.9. The number of carbonyl (C=O) groups is 1. The van der Waals surface area contributed by atoms with Gasteiger partial charge in [-0.2, -0.15) is 0 Å². The molecular formula is C19H16O4. The highest BCUT2D eigenvalue weighted by Crippen LogP contribution is 2.44. The third kappa shape index (κ3) is 2.27. The molecule has 2 aromatic rings. The van der Waals surface area contributed by atoms with Gasteiger partial charge in [0, 0.05) is 11.5 Å². The van der Waals surface area contributed by atoms with Crippen LogP contribution in [0.3, 0.4) is 0 Å². The number of rotatable bonds is 3. The van der Waals surface area contributed by atoms with Crippen LogP contribution >= 0.6 is 0 Å². The Hall–Kier alpha value is -2.75. The fraction of sp³-hybridized carbons (Fsp3) is 0.211. The molecule has 1 unspecified atom stereocenters. The summed E-state index contributed by atoms with van der Waals surface area (Å²) in [6, 6.07) is 13.8. The Morgan fingerprint density at radius 2 is 2.00 bits per heavy atom. The molecule has 0 N–H and O–H groups in total. The van der Waals surface area contributed by atoms with Crippen LogP contribution in [0.5, 0.6) is 11.5 Å². The molecule has 4 heteroatoms. The van der Waals surface area contributed by atoms with E-state index in [4.69, 9.17) is 14.2 Å². The quantitative estimate of drug-likeness (QED) is 0.814. The molecular weight excluding hydrogens is 292 g/mol. The van der Waals surface area contributed by atoms with Crippen molar-refractivity contribution < 1.29 is 19.0 Å². The molecule has 1 aliphatic heterocycles. The fourth-order valence-corrected chi connectivity index (χ4v) is 3.17. The summed E-state index contributed by atoms with van der Waals surface area (Å²) < 4.78 is 16.1. The zero-order chi connectivity index (χ0) is 15.8. The molecule has 0 fully saturated rings. The lowest BCUT2D eigenvalue weighted by Crippen LogP contribution is -2.13. The zero-order valence-corrected chi connectivity index (χ0v) is 12.7. The van der Waals surface area contributed by atoms with E-state index >= 15 is 0 Å². The Balaban J connectivity index is 1.80. The highest BCUT2D eigenvalue weighted by molar-refractivity contribution is 5.99. The number of benzene rings is 2. The number of hydrogen-bond donors (Lipinski definition) is 0. The van der Waals surface area contributed by atoms with Crippen molar-refractivity contribution in [2.24, 2.45) is 0 Å². The van der Waals surface area contributed by atoms with Crippen LogP contribution in [-0.4, -0.2) is 19.4 Å². The average Bonchev–Trinajstić information content (AvgIpc) is 3.18. The molecule has 1 atom stereocenters. The maximum Gasteiger partial charge on any atom is 0.334 e. The molecule has 2 aliphatic rings. The summed E-state index contributed by atoms with van der Waals surface area (Å²) in [5.74, 6) is 1.04.